The zero-order valence-electron chi connectivity index (χ0n) is 13.4. The minimum Gasteiger partial charge on any atom is -0.378 e. The molecule has 116 valence electrons. The van der Waals surface area contributed by atoms with Crippen molar-refractivity contribution in [1.82, 2.24) is 0 Å². The van der Waals surface area contributed by atoms with Gasteiger partial charge in [0.05, 0.1) is 6.10 Å². The molecule has 1 fully saturated rings. The first-order chi connectivity index (χ1) is 9.93. The van der Waals surface area contributed by atoms with E-state index >= 15 is 0 Å². The zero-order chi connectivity index (χ0) is 14.3. The molecule has 1 unspecified atom stereocenters. The predicted molar refractivity (Wildman–Crippen MR) is 87.8 cm³/mol. The SMILES string of the molecule is C#CCCCCCCCCCCCCC1CCCCO1. The lowest BCUT2D eigenvalue weighted by Crippen LogP contribution is -2.18. The van der Waals surface area contributed by atoms with Gasteiger partial charge in [-0.05, 0) is 32.1 Å². The Morgan fingerprint density at radius 3 is 1.95 bits per heavy atom. The fourth-order valence-corrected chi connectivity index (χ4v) is 3.05. The molecule has 0 spiro atoms. The van der Waals surface area contributed by atoms with Gasteiger partial charge in [-0.3, -0.25) is 0 Å². The van der Waals surface area contributed by atoms with Crippen LogP contribution in [-0.4, -0.2) is 12.7 Å². The van der Waals surface area contributed by atoms with Crippen LogP contribution in [0.25, 0.3) is 0 Å². The summed E-state index contributed by atoms with van der Waals surface area (Å²) < 4.78 is 5.77. The third-order valence-electron chi connectivity index (χ3n) is 4.37. The Labute approximate surface area is 126 Å². The number of rotatable bonds is 12. The molecule has 1 heterocycles. The molecule has 20 heavy (non-hydrogen) atoms. The Morgan fingerprint density at radius 2 is 1.40 bits per heavy atom. The number of hydrogen-bond acceptors (Lipinski definition) is 1. The number of ether oxygens (including phenoxy) is 1. The molecule has 0 bridgehead atoms. The van der Waals surface area contributed by atoms with E-state index < -0.39 is 0 Å². The fraction of sp³-hybridized carbons (Fsp3) is 0.895. The van der Waals surface area contributed by atoms with Crippen molar-refractivity contribution in [2.75, 3.05) is 6.61 Å². The summed E-state index contributed by atoms with van der Waals surface area (Å²) in [6.07, 6.45) is 25.8. The molecule has 0 amide bonds. The molecule has 0 aliphatic carbocycles. The van der Waals surface area contributed by atoms with Crippen LogP contribution in [0, 0.1) is 12.3 Å². The molecule has 1 saturated heterocycles. The largest absolute Gasteiger partial charge is 0.378 e. The topological polar surface area (TPSA) is 9.23 Å². The van der Waals surface area contributed by atoms with Gasteiger partial charge >= 0.3 is 0 Å². The molecule has 0 saturated carbocycles. The van der Waals surface area contributed by atoms with Crippen molar-refractivity contribution < 1.29 is 4.74 Å². The van der Waals surface area contributed by atoms with Gasteiger partial charge in [0.15, 0.2) is 0 Å². The molecule has 1 aliphatic rings. The normalized spacial score (nSPS) is 18.9. The summed E-state index contributed by atoms with van der Waals surface area (Å²) in [7, 11) is 0. The van der Waals surface area contributed by atoms with Crippen LogP contribution in [0.2, 0.25) is 0 Å². The maximum Gasteiger partial charge on any atom is 0.0575 e. The monoisotopic (exact) mass is 278 g/mol. The first-order valence-corrected chi connectivity index (χ1v) is 8.98. The van der Waals surface area contributed by atoms with Crippen molar-refractivity contribution in [2.24, 2.45) is 0 Å². The van der Waals surface area contributed by atoms with E-state index in [-0.39, 0.29) is 0 Å². The third kappa shape index (κ3) is 10.3. The minimum absolute atomic E-state index is 0.590. The van der Waals surface area contributed by atoms with Crippen LogP contribution in [0.3, 0.4) is 0 Å². The summed E-state index contributed by atoms with van der Waals surface area (Å²) in [6.45, 7) is 1.01. The summed E-state index contributed by atoms with van der Waals surface area (Å²) in [4.78, 5) is 0. The average Bonchev–Trinajstić information content (AvgIpc) is 2.49. The Kier molecular flexibility index (Phi) is 11.9. The van der Waals surface area contributed by atoms with Crippen molar-refractivity contribution in [3.05, 3.63) is 0 Å². The van der Waals surface area contributed by atoms with E-state index in [1.54, 1.807) is 0 Å². The van der Waals surface area contributed by atoms with Gasteiger partial charge in [0.25, 0.3) is 0 Å². The van der Waals surface area contributed by atoms with Gasteiger partial charge in [-0.1, -0.05) is 57.8 Å². The van der Waals surface area contributed by atoms with Crippen LogP contribution in [0.5, 0.6) is 0 Å². The lowest BCUT2D eigenvalue weighted by atomic mass is 10.0. The molecule has 0 aromatic heterocycles. The molecule has 1 aliphatic heterocycles. The number of unbranched alkanes of at least 4 members (excludes halogenated alkanes) is 10. The Morgan fingerprint density at radius 1 is 0.800 bits per heavy atom. The van der Waals surface area contributed by atoms with Crippen molar-refractivity contribution in [3.8, 4) is 12.3 Å². The second kappa shape index (κ2) is 13.5. The van der Waals surface area contributed by atoms with Gasteiger partial charge < -0.3 is 4.74 Å². The van der Waals surface area contributed by atoms with Crippen molar-refractivity contribution >= 4 is 0 Å². The van der Waals surface area contributed by atoms with Crippen LogP contribution in [0.4, 0.5) is 0 Å². The standard InChI is InChI=1S/C19H34O/c1-2-3-4-5-6-7-8-9-10-11-12-13-16-19-17-14-15-18-20-19/h1,19H,3-18H2. The maximum absolute atomic E-state index is 5.77. The van der Waals surface area contributed by atoms with Crippen LogP contribution < -0.4 is 0 Å². The summed E-state index contributed by atoms with van der Waals surface area (Å²) >= 11 is 0. The molecule has 0 aromatic rings. The van der Waals surface area contributed by atoms with Crippen molar-refractivity contribution in [3.63, 3.8) is 0 Å². The Bertz CT molecular complexity index is 235. The molecule has 1 rings (SSSR count). The summed E-state index contributed by atoms with van der Waals surface area (Å²) in [6, 6.07) is 0. The van der Waals surface area contributed by atoms with E-state index in [0.717, 1.165) is 13.0 Å². The second-order valence-electron chi connectivity index (χ2n) is 6.27. The van der Waals surface area contributed by atoms with Crippen molar-refractivity contribution in [2.45, 2.75) is 102 Å². The highest BCUT2D eigenvalue weighted by Crippen LogP contribution is 2.19. The summed E-state index contributed by atoms with van der Waals surface area (Å²) in [5, 5.41) is 0. The lowest BCUT2D eigenvalue weighted by Gasteiger charge is -2.22. The molecule has 0 radical (unpaired) electrons. The van der Waals surface area contributed by atoms with Crippen LogP contribution in [0.15, 0.2) is 0 Å². The summed E-state index contributed by atoms with van der Waals surface area (Å²) in [5.41, 5.74) is 0. The molecular formula is C19H34O. The second-order valence-corrected chi connectivity index (χ2v) is 6.27. The van der Waals surface area contributed by atoms with Gasteiger partial charge in [-0.15, -0.1) is 12.3 Å². The molecule has 1 heteroatoms. The van der Waals surface area contributed by atoms with Crippen LogP contribution in [0.1, 0.15) is 96.3 Å². The van der Waals surface area contributed by atoms with E-state index in [0.29, 0.717) is 6.10 Å². The van der Waals surface area contributed by atoms with E-state index in [4.69, 9.17) is 11.2 Å². The van der Waals surface area contributed by atoms with E-state index in [2.05, 4.69) is 5.92 Å². The van der Waals surface area contributed by atoms with Crippen LogP contribution >= 0.6 is 0 Å². The maximum atomic E-state index is 5.77. The van der Waals surface area contributed by atoms with E-state index in [1.165, 1.54) is 89.9 Å². The predicted octanol–water partition coefficient (Wildman–Crippen LogP) is 5.87. The Balaban J connectivity index is 1.71. The summed E-state index contributed by atoms with van der Waals surface area (Å²) in [5.74, 6) is 2.71. The molecule has 1 atom stereocenters. The van der Waals surface area contributed by atoms with Gasteiger partial charge in [-0.2, -0.15) is 0 Å². The van der Waals surface area contributed by atoms with Gasteiger partial charge in [0.2, 0.25) is 0 Å². The highest BCUT2D eigenvalue weighted by Gasteiger charge is 2.12. The van der Waals surface area contributed by atoms with E-state index in [9.17, 15) is 0 Å². The highest BCUT2D eigenvalue weighted by atomic mass is 16.5. The number of hydrogen-bond donors (Lipinski definition) is 0. The van der Waals surface area contributed by atoms with Gasteiger partial charge in [-0.25, -0.2) is 0 Å². The Hall–Kier alpha value is -0.480. The molecular weight excluding hydrogens is 244 g/mol. The first-order valence-electron chi connectivity index (χ1n) is 8.98. The van der Waals surface area contributed by atoms with Gasteiger partial charge in [0, 0.05) is 13.0 Å². The number of terminal acetylenes is 1. The lowest BCUT2D eigenvalue weighted by molar-refractivity contribution is 0.00977. The zero-order valence-corrected chi connectivity index (χ0v) is 13.4. The average molecular weight is 278 g/mol. The quantitative estimate of drug-likeness (QED) is 0.320. The highest BCUT2D eigenvalue weighted by molar-refractivity contribution is 4.82. The first kappa shape index (κ1) is 17.6. The molecule has 0 N–H and O–H groups in total. The smallest absolute Gasteiger partial charge is 0.0575 e. The van der Waals surface area contributed by atoms with Crippen molar-refractivity contribution in [1.29, 1.82) is 0 Å². The minimum atomic E-state index is 0.590. The fourth-order valence-electron chi connectivity index (χ4n) is 3.05. The van der Waals surface area contributed by atoms with Crippen LogP contribution in [-0.2, 0) is 4.74 Å². The molecule has 0 aromatic carbocycles. The van der Waals surface area contributed by atoms with E-state index in [1.807, 2.05) is 0 Å². The molecule has 1 nitrogen and oxygen atoms in total. The third-order valence-corrected chi connectivity index (χ3v) is 4.37. The van der Waals surface area contributed by atoms with Gasteiger partial charge in [0.1, 0.15) is 0 Å².